The van der Waals surface area contributed by atoms with E-state index in [1.54, 1.807) is 0 Å². The zero-order valence-corrected chi connectivity index (χ0v) is 26.8. The van der Waals surface area contributed by atoms with Gasteiger partial charge in [-0.05, 0) is 88.8 Å². The second-order valence-corrected chi connectivity index (χ2v) is 12.6. The number of nitrogens with zero attached hydrogens (tertiary/aromatic N) is 4. The summed E-state index contributed by atoms with van der Waals surface area (Å²) in [6.07, 6.45) is 0. The zero-order chi connectivity index (χ0) is 34.2. The van der Waals surface area contributed by atoms with Crippen molar-refractivity contribution in [1.29, 1.82) is 5.26 Å². The summed E-state index contributed by atoms with van der Waals surface area (Å²) in [5.41, 5.74) is 11.1. The third-order valence-corrected chi connectivity index (χ3v) is 9.86. The number of hydrogen-bond donors (Lipinski definition) is 0. The van der Waals surface area contributed by atoms with E-state index in [0.717, 1.165) is 82.5 Å². The molecule has 3 heterocycles. The van der Waals surface area contributed by atoms with Crippen molar-refractivity contribution < 1.29 is 8.83 Å². The van der Waals surface area contributed by atoms with Gasteiger partial charge in [0, 0.05) is 32.5 Å². The number of furan rings is 2. The first-order chi connectivity index (χ1) is 25.1. The van der Waals surface area contributed by atoms with Crippen LogP contribution in [0.4, 0.5) is 11.4 Å². The monoisotopic (exact) mass is 650 g/mol. The smallest absolute Gasteiger partial charge is 0.188 e. The molecule has 0 aliphatic heterocycles. The summed E-state index contributed by atoms with van der Waals surface area (Å²) < 4.78 is 15.1. The Labute approximate surface area is 290 Å². The molecule has 234 valence electrons. The minimum Gasteiger partial charge on any atom is -0.452 e. The van der Waals surface area contributed by atoms with Crippen molar-refractivity contribution in [2.24, 2.45) is 0 Å². The minimum atomic E-state index is 0.547. The molecule has 0 spiro atoms. The maximum Gasteiger partial charge on any atom is 0.188 e. The average Bonchev–Trinajstić information content (AvgIpc) is 3.86. The van der Waals surface area contributed by atoms with Crippen LogP contribution in [0.5, 0.6) is 0 Å². The van der Waals surface area contributed by atoms with Gasteiger partial charge in [0.25, 0.3) is 0 Å². The molecule has 0 fully saturated rings. The normalized spacial score (nSPS) is 11.5. The van der Waals surface area contributed by atoms with Gasteiger partial charge in [0.05, 0.1) is 35.4 Å². The first kappa shape index (κ1) is 28.4. The summed E-state index contributed by atoms with van der Waals surface area (Å²) in [5.74, 6) is 0. The summed E-state index contributed by atoms with van der Waals surface area (Å²) in [6, 6.07) is 46.2. The molecule has 0 unspecified atom stereocenters. The van der Waals surface area contributed by atoms with Crippen molar-refractivity contribution >= 4 is 77.1 Å². The number of fused-ring (bicyclic) bond motifs is 10. The Balaban J connectivity index is 1.17. The quantitative estimate of drug-likeness (QED) is 0.179. The van der Waals surface area contributed by atoms with Crippen molar-refractivity contribution in [3.63, 3.8) is 0 Å². The highest BCUT2D eigenvalue weighted by Crippen LogP contribution is 2.43. The largest absolute Gasteiger partial charge is 0.452 e. The Morgan fingerprint density at radius 1 is 0.510 bits per heavy atom. The van der Waals surface area contributed by atoms with Gasteiger partial charge in [-0.3, -0.25) is 0 Å². The lowest BCUT2D eigenvalue weighted by Crippen LogP contribution is -2.00. The SMILES string of the molecule is [C-]#[N+]c1cccc(-c2ccc3oc4c(ccc5c6cc(-c7cccc(C#N)c7-n7c8ccccc8c8cc([N+]#[C-])ccc87)ccc6oc54)c3c2)c1. The fraction of sp³-hybridized carbons (Fsp3) is 0. The molecule has 0 saturated carbocycles. The zero-order valence-electron chi connectivity index (χ0n) is 26.8. The number of aromatic nitrogens is 1. The summed E-state index contributed by atoms with van der Waals surface area (Å²) >= 11 is 0. The number of rotatable bonds is 3. The van der Waals surface area contributed by atoms with Crippen LogP contribution in [0.1, 0.15) is 5.56 Å². The Hall–Kier alpha value is -7.59. The van der Waals surface area contributed by atoms with Gasteiger partial charge < -0.3 is 13.4 Å². The van der Waals surface area contributed by atoms with Gasteiger partial charge in [-0.25, -0.2) is 9.69 Å². The van der Waals surface area contributed by atoms with Gasteiger partial charge in [0.15, 0.2) is 22.5 Å². The van der Waals surface area contributed by atoms with Crippen LogP contribution in [0.25, 0.3) is 103 Å². The predicted molar refractivity (Wildman–Crippen MR) is 203 cm³/mol. The molecule has 3 aromatic heterocycles. The van der Waals surface area contributed by atoms with Crippen LogP contribution in [0.15, 0.2) is 142 Å². The van der Waals surface area contributed by atoms with Gasteiger partial charge in [-0.1, -0.05) is 66.7 Å². The standard InChI is InChI=1S/C45H22N4O2/c1-47-30-9-5-7-26(21-30)27-13-19-41-37(22-27)34-16-17-35-38-23-28(14-20-42(38)51-45(35)44(34)50-41)32-11-6-8-29(25-46)43(32)49-39-12-4-3-10-33(39)36-24-31(48-2)15-18-40(36)49/h3-24H. The van der Waals surface area contributed by atoms with E-state index in [0.29, 0.717) is 28.1 Å². The maximum atomic E-state index is 10.4. The Bertz CT molecular complexity index is 3250. The van der Waals surface area contributed by atoms with Crippen LogP contribution >= 0.6 is 0 Å². The number of hydrogen-bond acceptors (Lipinski definition) is 3. The van der Waals surface area contributed by atoms with Crippen molar-refractivity contribution in [3.8, 4) is 34.0 Å². The highest BCUT2D eigenvalue weighted by atomic mass is 16.4. The van der Waals surface area contributed by atoms with E-state index in [1.165, 1.54) is 0 Å². The molecule has 0 atom stereocenters. The van der Waals surface area contributed by atoms with Gasteiger partial charge >= 0.3 is 0 Å². The third kappa shape index (κ3) is 4.14. The van der Waals surface area contributed by atoms with Gasteiger partial charge in [-0.2, -0.15) is 5.26 Å². The summed E-state index contributed by atoms with van der Waals surface area (Å²) in [6.45, 7) is 15.0. The van der Waals surface area contributed by atoms with E-state index in [1.807, 2.05) is 91.0 Å². The van der Waals surface area contributed by atoms with Gasteiger partial charge in [-0.15, -0.1) is 0 Å². The van der Waals surface area contributed by atoms with Crippen LogP contribution in [0.2, 0.25) is 0 Å². The fourth-order valence-corrected chi connectivity index (χ4v) is 7.55. The second kappa shape index (κ2) is 10.7. The lowest BCUT2D eigenvalue weighted by molar-refractivity contribution is 0.633. The number of nitriles is 1. The van der Waals surface area contributed by atoms with Gasteiger partial charge in [0.1, 0.15) is 17.2 Å². The number of benzene rings is 7. The van der Waals surface area contributed by atoms with E-state index in [-0.39, 0.29) is 0 Å². The molecule has 0 amide bonds. The molecule has 0 radical (unpaired) electrons. The van der Waals surface area contributed by atoms with Crippen LogP contribution in [-0.4, -0.2) is 4.57 Å². The lowest BCUT2D eigenvalue weighted by Gasteiger charge is -2.16. The Morgan fingerprint density at radius 3 is 1.90 bits per heavy atom. The lowest BCUT2D eigenvalue weighted by atomic mass is 9.98. The average molecular weight is 651 g/mol. The van der Waals surface area contributed by atoms with Crippen LogP contribution in [-0.2, 0) is 0 Å². The fourth-order valence-electron chi connectivity index (χ4n) is 7.55. The van der Waals surface area contributed by atoms with Crippen molar-refractivity contribution in [2.45, 2.75) is 0 Å². The van der Waals surface area contributed by atoms with E-state index in [2.05, 4.69) is 62.8 Å². The van der Waals surface area contributed by atoms with Crippen LogP contribution < -0.4 is 0 Å². The highest BCUT2D eigenvalue weighted by Gasteiger charge is 2.21. The molecule has 0 aliphatic rings. The van der Waals surface area contributed by atoms with E-state index >= 15 is 0 Å². The van der Waals surface area contributed by atoms with Crippen molar-refractivity contribution in [3.05, 3.63) is 162 Å². The first-order valence-electron chi connectivity index (χ1n) is 16.4. The Morgan fingerprint density at radius 2 is 1.16 bits per heavy atom. The Kier molecular flexibility index (Phi) is 5.97. The number of para-hydroxylation sites is 2. The third-order valence-electron chi connectivity index (χ3n) is 9.86. The summed E-state index contributed by atoms with van der Waals surface area (Å²) in [7, 11) is 0. The molecule has 6 heteroatoms. The van der Waals surface area contributed by atoms with Crippen molar-refractivity contribution in [1.82, 2.24) is 4.57 Å². The van der Waals surface area contributed by atoms with Crippen LogP contribution in [0.3, 0.4) is 0 Å². The maximum absolute atomic E-state index is 10.4. The van der Waals surface area contributed by atoms with E-state index in [9.17, 15) is 5.26 Å². The molecule has 7 aromatic carbocycles. The molecule has 6 nitrogen and oxygen atoms in total. The molecule has 0 bridgehead atoms. The summed E-state index contributed by atoms with van der Waals surface area (Å²) in [5, 5.41) is 16.2. The predicted octanol–water partition coefficient (Wildman–Crippen LogP) is 12.9. The topological polar surface area (TPSA) is 63.7 Å². The van der Waals surface area contributed by atoms with E-state index < -0.39 is 0 Å². The molecule has 0 saturated heterocycles. The van der Waals surface area contributed by atoms with Gasteiger partial charge in [0.2, 0.25) is 0 Å². The minimum absolute atomic E-state index is 0.547. The highest BCUT2D eigenvalue weighted by molar-refractivity contribution is 6.20. The second-order valence-electron chi connectivity index (χ2n) is 12.6. The summed E-state index contributed by atoms with van der Waals surface area (Å²) in [4.78, 5) is 7.26. The molecular formula is C45H22N4O2. The molecule has 51 heavy (non-hydrogen) atoms. The first-order valence-corrected chi connectivity index (χ1v) is 16.4. The molecule has 0 aliphatic carbocycles. The molecule has 10 aromatic rings. The molecular weight excluding hydrogens is 629 g/mol. The van der Waals surface area contributed by atoms with Crippen molar-refractivity contribution in [2.75, 3.05) is 0 Å². The van der Waals surface area contributed by atoms with Crippen LogP contribution in [0, 0.1) is 24.5 Å². The van der Waals surface area contributed by atoms with E-state index in [4.69, 9.17) is 22.0 Å². The molecule has 0 N–H and O–H groups in total. The molecule has 10 rings (SSSR count).